The lowest BCUT2D eigenvalue weighted by Gasteiger charge is -2.41. The average Bonchev–Trinajstić information content (AvgIpc) is 3.20. The first-order valence-electron chi connectivity index (χ1n) is 11.2. The van der Waals surface area contributed by atoms with Gasteiger partial charge in [-0.25, -0.2) is 0 Å². The molecule has 3 amide bonds. The maximum absolute atomic E-state index is 13.3. The van der Waals surface area contributed by atoms with Crippen LogP contribution in [0.5, 0.6) is 0 Å². The largest absolute Gasteiger partial charge is 0.353 e. The fraction of sp³-hybridized carbons (Fsp3) is 0.609. The molecule has 3 N–H and O–H groups in total. The second kappa shape index (κ2) is 8.96. The molecule has 0 bridgehead atoms. The van der Waals surface area contributed by atoms with Gasteiger partial charge in [-0.05, 0) is 64.1 Å². The van der Waals surface area contributed by atoms with Crippen LogP contribution in [-0.4, -0.2) is 60.1 Å². The van der Waals surface area contributed by atoms with E-state index in [1.807, 2.05) is 12.1 Å². The van der Waals surface area contributed by atoms with Crippen molar-refractivity contribution < 1.29 is 19.1 Å². The van der Waals surface area contributed by atoms with E-state index in [0.717, 1.165) is 24.8 Å². The molecule has 168 valence electrons. The van der Waals surface area contributed by atoms with E-state index in [1.165, 1.54) is 5.56 Å². The van der Waals surface area contributed by atoms with Gasteiger partial charge < -0.3 is 25.6 Å². The van der Waals surface area contributed by atoms with Crippen LogP contribution in [0.3, 0.4) is 0 Å². The van der Waals surface area contributed by atoms with E-state index < -0.39 is 30.5 Å². The van der Waals surface area contributed by atoms with Gasteiger partial charge in [0.25, 0.3) is 5.91 Å². The fourth-order valence-corrected chi connectivity index (χ4v) is 4.91. The monoisotopic (exact) mass is 428 g/mol. The third-order valence-corrected chi connectivity index (χ3v) is 6.81. The lowest BCUT2D eigenvalue weighted by atomic mass is 9.87. The van der Waals surface area contributed by atoms with Crippen molar-refractivity contribution in [3.05, 3.63) is 35.4 Å². The first-order valence-corrected chi connectivity index (χ1v) is 11.2. The number of hydrogen-bond acceptors (Lipinski definition) is 5. The van der Waals surface area contributed by atoms with E-state index in [1.54, 1.807) is 25.8 Å². The molecule has 31 heavy (non-hydrogen) atoms. The Labute approximate surface area is 183 Å². The van der Waals surface area contributed by atoms with Gasteiger partial charge in [0.15, 0.2) is 0 Å². The normalized spacial score (nSPS) is 30.9. The lowest BCUT2D eigenvalue weighted by molar-refractivity contribution is -0.179. The first kappa shape index (κ1) is 21.8. The van der Waals surface area contributed by atoms with Gasteiger partial charge in [0, 0.05) is 0 Å². The summed E-state index contributed by atoms with van der Waals surface area (Å²) in [6.07, 6.45) is 3.23. The third kappa shape index (κ3) is 4.19. The van der Waals surface area contributed by atoms with Gasteiger partial charge in [0.1, 0.15) is 18.3 Å². The standard InChI is InChI=1S/C23H32N4O4/c1-13(24-3)21(28)26-20-14(2)31-19-12-11-18(27(19)23(20)30)22(29)25-17-10-6-8-15-7-4-5-9-16(15)17/h4-5,7,9,13-14,17-20,24H,6,8,10-12H2,1-3H3,(H,25,29)(H,26,28)/t13?,14-,17-,18?,19+,20+/m1/s1. The number of aryl methyl sites for hydroxylation is 1. The summed E-state index contributed by atoms with van der Waals surface area (Å²) < 4.78 is 6.02. The molecular formula is C23H32N4O4. The molecule has 2 fully saturated rings. The van der Waals surface area contributed by atoms with Gasteiger partial charge in [-0.3, -0.25) is 14.4 Å². The zero-order chi connectivity index (χ0) is 22.1. The van der Waals surface area contributed by atoms with E-state index in [9.17, 15) is 14.4 Å². The summed E-state index contributed by atoms with van der Waals surface area (Å²) in [6.45, 7) is 3.52. The predicted molar refractivity (Wildman–Crippen MR) is 115 cm³/mol. The Kier molecular flexibility index (Phi) is 6.29. The molecule has 8 heteroatoms. The first-order chi connectivity index (χ1) is 14.9. The molecule has 2 heterocycles. The zero-order valence-electron chi connectivity index (χ0n) is 18.4. The molecule has 3 aliphatic rings. The van der Waals surface area contributed by atoms with Crippen LogP contribution >= 0.6 is 0 Å². The Bertz CT molecular complexity index is 860. The van der Waals surface area contributed by atoms with E-state index in [-0.39, 0.29) is 23.8 Å². The van der Waals surface area contributed by atoms with E-state index in [4.69, 9.17) is 4.74 Å². The van der Waals surface area contributed by atoms with Crippen molar-refractivity contribution in [2.45, 2.75) is 82.5 Å². The van der Waals surface area contributed by atoms with Gasteiger partial charge in [-0.15, -0.1) is 0 Å². The summed E-state index contributed by atoms with van der Waals surface area (Å²) >= 11 is 0. The summed E-state index contributed by atoms with van der Waals surface area (Å²) in [5.74, 6) is -0.666. The van der Waals surface area contributed by atoms with Gasteiger partial charge in [-0.1, -0.05) is 24.3 Å². The Balaban J connectivity index is 1.47. The summed E-state index contributed by atoms with van der Waals surface area (Å²) in [4.78, 5) is 40.4. The molecule has 2 unspecified atom stereocenters. The zero-order valence-corrected chi connectivity index (χ0v) is 18.4. The highest BCUT2D eigenvalue weighted by atomic mass is 16.5. The predicted octanol–water partition coefficient (Wildman–Crippen LogP) is 1.01. The summed E-state index contributed by atoms with van der Waals surface area (Å²) in [6, 6.07) is 6.36. The van der Waals surface area contributed by atoms with Crippen molar-refractivity contribution in [3.63, 3.8) is 0 Å². The molecule has 1 aromatic carbocycles. The van der Waals surface area contributed by atoms with Crippen LogP contribution in [0.4, 0.5) is 0 Å². The highest BCUT2D eigenvalue weighted by Gasteiger charge is 2.50. The molecule has 1 aromatic rings. The van der Waals surface area contributed by atoms with E-state index in [2.05, 4.69) is 28.1 Å². The number of nitrogens with one attached hydrogen (secondary N) is 3. The van der Waals surface area contributed by atoms with Crippen molar-refractivity contribution in [3.8, 4) is 0 Å². The molecule has 1 aliphatic carbocycles. The molecule has 6 atom stereocenters. The van der Waals surface area contributed by atoms with E-state index in [0.29, 0.717) is 12.8 Å². The molecule has 0 aromatic heterocycles. The quantitative estimate of drug-likeness (QED) is 0.650. The number of ether oxygens (including phenoxy) is 1. The van der Waals surface area contributed by atoms with Crippen molar-refractivity contribution in [1.29, 1.82) is 0 Å². The van der Waals surface area contributed by atoms with Crippen LogP contribution in [-0.2, 0) is 25.5 Å². The number of likely N-dealkylation sites (N-methyl/N-ethyl adjacent to an activating group) is 1. The summed E-state index contributed by atoms with van der Waals surface area (Å²) in [5, 5.41) is 8.83. The van der Waals surface area contributed by atoms with Crippen LogP contribution in [0, 0.1) is 0 Å². The molecule has 0 saturated carbocycles. The maximum Gasteiger partial charge on any atom is 0.250 e. The molecule has 4 rings (SSSR count). The second-order valence-electron chi connectivity index (χ2n) is 8.78. The van der Waals surface area contributed by atoms with Gasteiger partial charge >= 0.3 is 0 Å². The molecule has 2 aliphatic heterocycles. The summed E-state index contributed by atoms with van der Waals surface area (Å²) in [7, 11) is 1.69. The summed E-state index contributed by atoms with van der Waals surface area (Å²) in [5.41, 5.74) is 2.44. The third-order valence-electron chi connectivity index (χ3n) is 6.81. The van der Waals surface area contributed by atoms with E-state index >= 15 is 0 Å². The van der Waals surface area contributed by atoms with Gasteiger partial charge in [-0.2, -0.15) is 0 Å². The van der Waals surface area contributed by atoms with Crippen LogP contribution < -0.4 is 16.0 Å². The van der Waals surface area contributed by atoms with Gasteiger partial charge in [0.2, 0.25) is 11.8 Å². The minimum atomic E-state index is -0.802. The van der Waals surface area contributed by atoms with Crippen LogP contribution in [0.1, 0.15) is 56.7 Å². The number of carbonyl (C=O) groups excluding carboxylic acids is 3. The SMILES string of the molecule is CNC(C)C(=O)N[C@@H]1C(=O)N2C(C(=O)N[C@@H]3CCCc4ccccc43)CC[C@@H]2O[C@@H]1C. The number of carbonyl (C=O) groups is 3. The minimum absolute atomic E-state index is 0.0387. The topological polar surface area (TPSA) is 99.8 Å². The van der Waals surface area contributed by atoms with Gasteiger partial charge in [0.05, 0.1) is 18.2 Å². The van der Waals surface area contributed by atoms with Crippen LogP contribution in [0.25, 0.3) is 0 Å². The number of amides is 3. The number of rotatable bonds is 5. The Morgan fingerprint density at radius 1 is 1.16 bits per heavy atom. The minimum Gasteiger partial charge on any atom is -0.353 e. The van der Waals surface area contributed by atoms with Crippen molar-refractivity contribution in [2.24, 2.45) is 0 Å². The number of benzene rings is 1. The molecule has 2 saturated heterocycles. The Morgan fingerprint density at radius 3 is 2.71 bits per heavy atom. The number of fused-ring (bicyclic) bond motifs is 2. The van der Waals surface area contributed by atoms with Crippen molar-refractivity contribution in [1.82, 2.24) is 20.9 Å². The van der Waals surface area contributed by atoms with Crippen molar-refractivity contribution >= 4 is 17.7 Å². The maximum atomic E-state index is 13.3. The average molecular weight is 429 g/mol. The number of hydrogen-bond donors (Lipinski definition) is 3. The highest BCUT2D eigenvalue weighted by molar-refractivity contribution is 5.94. The Morgan fingerprint density at radius 2 is 1.94 bits per heavy atom. The Hall–Kier alpha value is -2.45. The van der Waals surface area contributed by atoms with Crippen LogP contribution in [0.15, 0.2) is 24.3 Å². The lowest BCUT2D eigenvalue weighted by Crippen LogP contribution is -2.65. The molecule has 8 nitrogen and oxygen atoms in total. The molecule has 0 spiro atoms. The molecule has 0 radical (unpaired) electrons. The second-order valence-corrected chi connectivity index (χ2v) is 8.78. The fourth-order valence-electron chi connectivity index (χ4n) is 4.91. The van der Waals surface area contributed by atoms with Crippen LogP contribution in [0.2, 0.25) is 0 Å². The smallest absolute Gasteiger partial charge is 0.250 e. The highest BCUT2D eigenvalue weighted by Crippen LogP contribution is 2.34. The van der Waals surface area contributed by atoms with Crippen molar-refractivity contribution in [2.75, 3.05) is 7.05 Å². The number of nitrogens with zero attached hydrogens (tertiary/aromatic N) is 1. The molecular weight excluding hydrogens is 396 g/mol.